The maximum absolute atomic E-state index is 13.1. The summed E-state index contributed by atoms with van der Waals surface area (Å²) in [6, 6.07) is 8.42. The number of likely N-dealkylation sites (tertiary alicyclic amines) is 1. The van der Waals surface area contributed by atoms with Crippen molar-refractivity contribution in [3.63, 3.8) is 0 Å². The first-order chi connectivity index (χ1) is 14.1. The van der Waals surface area contributed by atoms with Crippen LogP contribution in [0.4, 0.5) is 0 Å². The maximum Gasteiger partial charge on any atom is 0.303 e. The highest BCUT2D eigenvalue weighted by atomic mass is 16.4. The van der Waals surface area contributed by atoms with E-state index in [0.717, 1.165) is 57.2 Å². The Labute approximate surface area is 173 Å². The van der Waals surface area contributed by atoms with Crippen molar-refractivity contribution >= 4 is 17.6 Å². The molecular formula is C24H32N2O3. The molecule has 0 radical (unpaired) electrons. The van der Waals surface area contributed by atoms with Gasteiger partial charge in [-0.1, -0.05) is 43.5 Å². The molecule has 2 aliphatic heterocycles. The number of fused-ring (bicyclic) bond motifs is 1. The third-order valence-electron chi connectivity index (χ3n) is 7.06. The fourth-order valence-corrected chi connectivity index (χ4v) is 5.45. The predicted molar refractivity (Wildman–Crippen MR) is 113 cm³/mol. The Morgan fingerprint density at radius 2 is 1.86 bits per heavy atom. The Hall–Kier alpha value is -2.17. The molecule has 1 aromatic rings. The fraction of sp³-hybridized carbons (Fsp3) is 0.625. The van der Waals surface area contributed by atoms with Crippen molar-refractivity contribution in [3.8, 4) is 0 Å². The number of rotatable bonds is 5. The zero-order chi connectivity index (χ0) is 20.2. The van der Waals surface area contributed by atoms with E-state index in [1.54, 1.807) is 0 Å². The molecular weight excluding hydrogens is 364 g/mol. The smallest absolute Gasteiger partial charge is 0.303 e. The largest absolute Gasteiger partial charge is 0.481 e. The lowest BCUT2D eigenvalue weighted by Gasteiger charge is -2.40. The van der Waals surface area contributed by atoms with Crippen LogP contribution in [0.15, 0.2) is 29.3 Å². The first-order valence-electron chi connectivity index (χ1n) is 11.2. The molecule has 0 bridgehead atoms. The molecule has 5 heteroatoms. The van der Waals surface area contributed by atoms with Gasteiger partial charge in [-0.15, -0.1) is 0 Å². The second-order valence-electron chi connectivity index (χ2n) is 8.97. The Morgan fingerprint density at radius 1 is 1.07 bits per heavy atom. The van der Waals surface area contributed by atoms with Gasteiger partial charge in [-0.25, -0.2) is 0 Å². The van der Waals surface area contributed by atoms with Gasteiger partial charge in [-0.05, 0) is 55.1 Å². The standard InChI is InChI=1S/C24H32N2O3/c27-23(28)15-19-11-13-26(24(29)18-7-2-1-3-8-18)16-20(19)14-22-21-9-5-4-6-17(21)10-12-25-22/h4-6,9,18-20H,1-3,7-8,10-16H2,(H,27,28)/t19-,20-/m0/s1. The molecule has 2 fully saturated rings. The number of hydrogen-bond acceptors (Lipinski definition) is 3. The highest BCUT2D eigenvalue weighted by molar-refractivity contribution is 6.02. The van der Waals surface area contributed by atoms with Gasteiger partial charge in [0.05, 0.1) is 0 Å². The maximum atomic E-state index is 13.1. The Morgan fingerprint density at radius 3 is 2.66 bits per heavy atom. The first-order valence-corrected chi connectivity index (χ1v) is 11.2. The molecule has 156 valence electrons. The van der Waals surface area contributed by atoms with Crippen LogP contribution in [0.5, 0.6) is 0 Å². The average molecular weight is 397 g/mol. The molecule has 1 amide bonds. The van der Waals surface area contributed by atoms with Gasteiger partial charge in [-0.3, -0.25) is 14.6 Å². The number of hydrogen-bond donors (Lipinski definition) is 1. The number of benzene rings is 1. The van der Waals surface area contributed by atoms with Gasteiger partial charge in [-0.2, -0.15) is 0 Å². The minimum Gasteiger partial charge on any atom is -0.481 e. The van der Waals surface area contributed by atoms with Crippen molar-refractivity contribution in [2.24, 2.45) is 22.7 Å². The minimum atomic E-state index is -0.738. The molecule has 0 aromatic heterocycles. The number of carbonyl (C=O) groups is 2. The molecule has 4 rings (SSSR count). The van der Waals surface area contributed by atoms with Gasteiger partial charge >= 0.3 is 5.97 Å². The van der Waals surface area contributed by atoms with Crippen molar-refractivity contribution in [1.82, 2.24) is 4.90 Å². The molecule has 0 unspecified atom stereocenters. The van der Waals surface area contributed by atoms with Crippen molar-refractivity contribution < 1.29 is 14.7 Å². The van der Waals surface area contributed by atoms with Crippen molar-refractivity contribution in [2.75, 3.05) is 19.6 Å². The number of carboxylic acids is 1. The summed E-state index contributed by atoms with van der Waals surface area (Å²) in [5.41, 5.74) is 3.64. The van der Waals surface area contributed by atoms with Crippen molar-refractivity contribution in [3.05, 3.63) is 35.4 Å². The Balaban J connectivity index is 1.50. The van der Waals surface area contributed by atoms with E-state index in [9.17, 15) is 14.7 Å². The predicted octanol–water partition coefficient (Wildman–Crippen LogP) is 3.94. The van der Waals surface area contributed by atoms with E-state index in [2.05, 4.69) is 18.2 Å². The van der Waals surface area contributed by atoms with E-state index in [1.165, 1.54) is 17.5 Å². The summed E-state index contributed by atoms with van der Waals surface area (Å²) in [6.07, 6.45) is 8.28. The highest BCUT2D eigenvalue weighted by Crippen LogP contribution is 2.34. The van der Waals surface area contributed by atoms with Crippen LogP contribution in [0.3, 0.4) is 0 Å². The zero-order valence-electron chi connectivity index (χ0n) is 17.2. The van der Waals surface area contributed by atoms with Gasteiger partial charge in [0.2, 0.25) is 5.91 Å². The molecule has 0 spiro atoms. The second kappa shape index (κ2) is 9.10. The van der Waals surface area contributed by atoms with Gasteiger partial charge in [0.25, 0.3) is 0 Å². The third-order valence-corrected chi connectivity index (χ3v) is 7.06. The average Bonchev–Trinajstić information content (AvgIpc) is 2.75. The molecule has 1 saturated carbocycles. The van der Waals surface area contributed by atoms with Gasteiger partial charge in [0, 0.05) is 37.7 Å². The molecule has 5 nitrogen and oxygen atoms in total. The molecule has 1 N–H and O–H groups in total. The van der Waals surface area contributed by atoms with Crippen LogP contribution in [-0.2, 0) is 16.0 Å². The van der Waals surface area contributed by atoms with E-state index in [0.29, 0.717) is 19.0 Å². The van der Waals surface area contributed by atoms with Crippen LogP contribution in [0.25, 0.3) is 0 Å². The van der Waals surface area contributed by atoms with E-state index < -0.39 is 5.97 Å². The highest BCUT2D eigenvalue weighted by Gasteiger charge is 2.36. The van der Waals surface area contributed by atoms with Crippen LogP contribution in [0, 0.1) is 17.8 Å². The van der Waals surface area contributed by atoms with Crippen LogP contribution < -0.4 is 0 Å². The number of piperidine rings is 1. The molecule has 2 atom stereocenters. The lowest BCUT2D eigenvalue weighted by atomic mass is 9.78. The monoisotopic (exact) mass is 396 g/mol. The number of carbonyl (C=O) groups excluding carboxylic acids is 1. The molecule has 1 aliphatic carbocycles. The normalized spacial score (nSPS) is 25.2. The molecule has 1 aromatic carbocycles. The summed E-state index contributed by atoms with van der Waals surface area (Å²) >= 11 is 0. The van der Waals surface area contributed by atoms with Gasteiger partial charge in [0.15, 0.2) is 0 Å². The summed E-state index contributed by atoms with van der Waals surface area (Å²) in [5, 5.41) is 9.42. The van der Waals surface area contributed by atoms with Gasteiger partial charge in [0.1, 0.15) is 0 Å². The first kappa shape index (κ1) is 20.1. The Kier molecular flexibility index (Phi) is 6.31. The summed E-state index contributed by atoms with van der Waals surface area (Å²) < 4.78 is 0. The lowest BCUT2D eigenvalue weighted by molar-refractivity contribution is -0.141. The number of aliphatic carboxylic acids is 1. The SMILES string of the molecule is O=C(O)C[C@@H]1CCN(C(=O)C2CCCCC2)C[C@@H]1CC1=NCCc2ccccc21. The molecule has 1 saturated heterocycles. The summed E-state index contributed by atoms with van der Waals surface area (Å²) in [4.78, 5) is 31.4. The quantitative estimate of drug-likeness (QED) is 0.819. The van der Waals surface area contributed by atoms with Crippen LogP contribution in [0.1, 0.15) is 62.5 Å². The summed E-state index contributed by atoms with van der Waals surface area (Å²) in [6.45, 7) is 2.18. The fourth-order valence-electron chi connectivity index (χ4n) is 5.45. The zero-order valence-corrected chi connectivity index (χ0v) is 17.2. The van der Waals surface area contributed by atoms with E-state index in [-0.39, 0.29) is 24.2 Å². The van der Waals surface area contributed by atoms with E-state index >= 15 is 0 Å². The van der Waals surface area contributed by atoms with Crippen molar-refractivity contribution in [2.45, 2.75) is 57.8 Å². The molecule has 2 heterocycles. The Bertz CT molecular complexity index is 782. The molecule has 29 heavy (non-hydrogen) atoms. The lowest BCUT2D eigenvalue weighted by Crippen LogP contribution is -2.47. The second-order valence-corrected chi connectivity index (χ2v) is 8.97. The summed E-state index contributed by atoms with van der Waals surface area (Å²) in [5.74, 6) is 0.0117. The molecule has 3 aliphatic rings. The van der Waals surface area contributed by atoms with E-state index in [1.807, 2.05) is 11.0 Å². The van der Waals surface area contributed by atoms with Crippen LogP contribution in [-0.4, -0.2) is 47.2 Å². The topological polar surface area (TPSA) is 70.0 Å². The van der Waals surface area contributed by atoms with Crippen LogP contribution in [0.2, 0.25) is 0 Å². The van der Waals surface area contributed by atoms with Crippen LogP contribution >= 0.6 is 0 Å². The van der Waals surface area contributed by atoms with E-state index in [4.69, 9.17) is 4.99 Å². The minimum absolute atomic E-state index is 0.111. The number of carboxylic acid groups (broad SMARTS) is 1. The third kappa shape index (κ3) is 4.71. The van der Waals surface area contributed by atoms with Crippen molar-refractivity contribution in [1.29, 1.82) is 0 Å². The summed E-state index contributed by atoms with van der Waals surface area (Å²) in [7, 11) is 0. The number of nitrogens with zero attached hydrogens (tertiary/aromatic N) is 2. The number of amides is 1. The van der Waals surface area contributed by atoms with Gasteiger partial charge < -0.3 is 10.0 Å². The number of aliphatic imine (C=N–C) groups is 1.